The van der Waals surface area contributed by atoms with Crippen LogP contribution in [0, 0.1) is 20.2 Å². The normalized spacial score (nSPS) is 15.1. The van der Waals surface area contributed by atoms with E-state index in [1.165, 1.54) is 31.4 Å². The largest absolute Gasteiger partial charge is 0.496 e. The monoisotopic (exact) mass is 422 g/mol. The molecule has 11 nitrogen and oxygen atoms in total. The van der Waals surface area contributed by atoms with Crippen LogP contribution in [-0.4, -0.2) is 55.9 Å². The number of nitro benzene ring substituents is 2. The molecule has 0 spiro atoms. The van der Waals surface area contributed by atoms with Crippen molar-refractivity contribution in [3.8, 4) is 5.75 Å². The molecule has 1 aliphatic rings. The average Bonchev–Trinajstić information content (AvgIpc) is 2.73. The number of para-hydroxylation sites is 1. The molecule has 0 unspecified atom stereocenters. The second-order valence-electron chi connectivity index (χ2n) is 6.23. The first-order chi connectivity index (χ1) is 13.8. The summed E-state index contributed by atoms with van der Waals surface area (Å²) in [6, 6.07) is 9.64. The van der Waals surface area contributed by atoms with Crippen LogP contribution in [-0.2, 0) is 10.0 Å². The summed E-state index contributed by atoms with van der Waals surface area (Å²) in [7, 11) is -2.66. The van der Waals surface area contributed by atoms with E-state index < -0.39 is 25.6 Å². The Kier molecular flexibility index (Phi) is 5.66. The molecule has 0 N–H and O–H groups in total. The fraction of sp³-hybridized carbons (Fsp3) is 0.294. The van der Waals surface area contributed by atoms with Gasteiger partial charge in [0.1, 0.15) is 11.4 Å². The number of sulfonamides is 1. The summed E-state index contributed by atoms with van der Waals surface area (Å²) in [4.78, 5) is 22.7. The molecule has 2 aromatic rings. The lowest BCUT2D eigenvalue weighted by Crippen LogP contribution is -2.48. The first-order valence-corrected chi connectivity index (χ1v) is 10.0. The van der Waals surface area contributed by atoms with Crippen LogP contribution in [0.4, 0.5) is 17.1 Å². The van der Waals surface area contributed by atoms with Gasteiger partial charge in [0.05, 0.1) is 23.0 Å². The second kappa shape index (κ2) is 8.01. The van der Waals surface area contributed by atoms with E-state index in [1.54, 1.807) is 17.0 Å². The Balaban J connectivity index is 1.83. The summed E-state index contributed by atoms with van der Waals surface area (Å²) < 4.78 is 32.0. The summed E-state index contributed by atoms with van der Waals surface area (Å²) >= 11 is 0. The van der Waals surface area contributed by atoms with E-state index in [1.807, 2.05) is 0 Å². The van der Waals surface area contributed by atoms with E-state index in [0.717, 1.165) is 10.4 Å². The molecule has 29 heavy (non-hydrogen) atoms. The Hall–Kier alpha value is -3.25. The Morgan fingerprint density at radius 2 is 1.55 bits per heavy atom. The molecule has 0 aromatic heterocycles. The number of methoxy groups -OCH3 is 1. The smallest absolute Gasteiger partial charge is 0.296 e. The molecule has 1 heterocycles. The summed E-state index contributed by atoms with van der Waals surface area (Å²) in [5, 5.41) is 22.6. The highest BCUT2D eigenvalue weighted by Crippen LogP contribution is 2.33. The molecule has 12 heteroatoms. The average molecular weight is 422 g/mol. The van der Waals surface area contributed by atoms with Crippen molar-refractivity contribution in [2.45, 2.75) is 4.90 Å². The predicted octanol–water partition coefficient (Wildman–Crippen LogP) is 2.02. The van der Waals surface area contributed by atoms with Gasteiger partial charge in [0.2, 0.25) is 10.0 Å². The van der Waals surface area contributed by atoms with Crippen LogP contribution in [0.1, 0.15) is 0 Å². The van der Waals surface area contributed by atoms with Crippen molar-refractivity contribution in [1.29, 1.82) is 0 Å². The van der Waals surface area contributed by atoms with Gasteiger partial charge in [0.15, 0.2) is 4.90 Å². The van der Waals surface area contributed by atoms with E-state index in [4.69, 9.17) is 4.74 Å². The zero-order valence-corrected chi connectivity index (χ0v) is 16.2. The van der Waals surface area contributed by atoms with Gasteiger partial charge in [-0.05, 0) is 18.2 Å². The summed E-state index contributed by atoms with van der Waals surface area (Å²) in [6.07, 6.45) is 0. The molecule has 1 saturated heterocycles. The molecule has 0 saturated carbocycles. The maximum Gasteiger partial charge on any atom is 0.296 e. The Labute approximate surface area is 166 Å². The Bertz CT molecular complexity index is 1050. The molecule has 0 bridgehead atoms. The van der Waals surface area contributed by atoms with E-state index in [9.17, 15) is 28.6 Å². The first kappa shape index (κ1) is 20.5. The third-order valence-electron chi connectivity index (χ3n) is 4.64. The third kappa shape index (κ3) is 3.98. The minimum Gasteiger partial charge on any atom is -0.496 e. The number of piperazine rings is 1. The lowest BCUT2D eigenvalue weighted by atomic mass is 10.2. The van der Waals surface area contributed by atoms with Gasteiger partial charge in [0, 0.05) is 32.2 Å². The van der Waals surface area contributed by atoms with Crippen LogP contribution < -0.4 is 9.64 Å². The first-order valence-electron chi connectivity index (χ1n) is 8.56. The predicted molar refractivity (Wildman–Crippen MR) is 104 cm³/mol. The number of anilines is 1. The number of benzene rings is 2. The minimum atomic E-state index is -4.07. The van der Waals surface area contributed by atoms with E-state index in [-0.39, 0.29) is 36.8 Å². The number of hydrogen-bond donors (Lipinski definition) is 0. The lowest BCUT2D eigenvalue weighted by molar-refractivity contribution is -0.387. The Morgan fingerprint density at radius 1 is 0.931 bits per heavy atom. The van der Waals surface area contributed by atoms with E-state index in [2.05, 4.69) is 0 Å². The van der Waals surface area contributed by atoms with Gasteiger partial charge in [-0.3, -0.25) is 20.2 Å². The number of rotatable bonds is 6. The van der Waals surface area contributed by atoms with Crippen molar-refractivity contribution in [1.82, 2.24) is 4.31 Å². The van der Waals surface area contributed by atoms with Crippen molar-refractivity contribution in [3.63, 3.8) is 0 Å². The van der Waals surface area contributed by atoms with Gasteiger partial charge >= 0.3 is 0 Å². The van der Waals surface area contributed by atoms with Gasteiger partial charge < -0.3 is 9.64 Å². The summed E-state index contributed by atoms with van der Waals surface area (Å²) in [6.45, 7) is 0.481. The van der Waals surface area contributed by atoms with Crippen molar-refractivity contribution in [2.24, 2.45) is 0 Å². The molecule has 1 fully saturated rings. The zero-order chi connectivity index (χ0) is 21.2. The van der Waals surface area contributed by atoms with E-state index in [0.29, 0.717) is 11.4 Å². The van der Waals surface area contributed by atoms with Crippen molar-refractivity contribution in [2.75, 3.05) is 38.2 Å². The fourth-order valence-corrected chi connectivity index (χ4v) is 4.76. The van der Waals surface area contributed by atoms with Crippen LogP contribution in [0.5, 0.6) is 5.75 Å². The van der Waals surface area contributed by atoms with E-state index >= 15 is 0 Å². The molecule has 2 aromatic carbocycles. The van der Waals surface area contributed by atoms with Crippen molar-refractivity contribution >= 4 is 27.1 Å². The highest BCUT2D eigenvalue weighted by atomic mass is 32.2. The van der Waals surface area contributed by atoms with Gasteiger partial charge in [-0.25, -0.2) is 8.42 Å². The van der Waals surface area contributed by atoms with Gasteiger partial charge in [0.25, 0.3) is 11.4 Å². The molecule has 0 atom stereocenters. The lowest BCUT2D eigenvalue weighted by Gasteiger charge is -2.35. The van der Waals surface area contributed by atoms with Crippen LogP contribution in [0.15, 0.2) is 47.4 Å². The van der Waals surface area contributed by atoms with Gasteiger partial charge in [-0.1, -0.05) is 12.1 Å². The molecule has 0 amide bonds. The number of ether oxygens (including phenoxy) is 1. The van der Waals surface area contributed by atoms with Crippen LogP contribution in [0.2, 0.25) is 0 Å². The molecule has 1 aliphatic heterocycles. The van der Waals surface area contributed by atoms with Gasteiger partial charge in [-0.2, -0.15) is 4.31 Å². The third-order valence-corrected chi connectivity index (χ3v) is 6.58. The van der Waals surface area contributed by atoms with Crippen LogP contribution in [0.25, 0.3) is 0 Å². The summed E-state index contributed by atoms with van der Waals surface area (Å²) in [5.41, 5.74) is -0.265. The van der Waals surface area contributed by atoms with Crippen molar-refractivity contribution in [3.05, 3.63) is 62.7 Å². The molecule has 0 aliphatic carbocycles. The minimum absolute atomic E-state index is 0.0393. The van der Waals surface area contributed by atoms with Gasteiger partial charge in [-0.15, -0.1) is 0 Å². The molecular weight excluding hydrogens is 404 g/mol. The highest BCUT2D eigenvalue weighted by molar-refractivity contribution is 7.89. The molecule has 154 valence electrons. The maximum atomic E-state index is 12.9. The number of nitrogens with zero attached hydrogens (tertiary/aromatic N) is 4. The topological polar surface area (TPSA) is 136 Å². The highest BCUT2D eigenvalue weighted by Gasteiger charge is 2.34. The van der Waals surface area contributed by atoms with Crippen LogP contribution >= 0.6 is 0 Å². The standard InChI is InChI=1S/C17H18N4O7S/c1-28-13-6-7-14(16(12-13)21(24)25)18-8-10-19(11-9-18)29(26,27)17-5-3-2-4-15(17)20(22)23/h2-7,12H,8-11H2,1H3. The molecule has 0 radical (unpaired) electrons. The zero-order valence-electron chi connectivity index (χ0n) is 15.4. The maximum absolute atomic E-state index is 12.9. The summed E-state index contributed by atoms with van der Waals surface area (Å²) in [5.74, 6) is 0.345. The quantitative estimate of drug-likeness (QED) is 0.509. The molecular formula is C17H18N4O7S. The molecule has 3 rings (SSSR count). The number of nitro groups is 2. The SMILES string of the molecule is COc1ccc(N2CCN(S(=O)(=O)c3ccccc3[N+](=O)[O-])CC2)c([N+](=O)[O-])c1. The van der Waals surface area contributed by atoms with Crippen molar-refractivity contribution < 1.29 is 23.0 Å². The number of hydrogen-bond acceptors (Lipinski definition) is 8. The Morgan fingerprint density at radius 3 is 2.14 bits per heavy atom. The van der Waals surface area contributed by atoms with Crippen LogP contribution in [0.3, 0.4) is 0 Å². The second-order valence-corrected chi connectivity index (χ2v) is 8.13. The fourth-order valence-electron chi connectivity index (χ4n) is 3.18.